The molecule has 1 saturated heterocycles. The lowest BCUT2D eigenvalue weighted by molar-refractivity contribution is 0.445. The molecule has 0 unspecified atom stereocenters. The molecule has 0 saturated carbocycles. The molecule has 1 aromatic heterocycles. The highest BCUT2D eigenvalue weighted by molar-refractivity contribution is 5.11. The molecule has 0 spiro atoms. The highest BCUT2D eigenvalue weighted by Crippen LogP contribution is 2.20. The van der Waals surface area contributed by atoms with Crippen molar-refractivity contribution in [2.75, 3.05) is 13.1 Å². The maximum Gasteiger partial charge on any atom is 0.133 e. The summed E-state index contributed by atoms with van der Waals surface area (Å²) in [6.45, 7) is 6.24. The maximum absolute atomic E-state index is 4.51. The molecule has 2 heterocycles. The predicted molar refractivity (Wildman–Crippen MR) is 56.4 cm³/mol. The Hall–Kier alpha value is -0.960. The lowest BCUT2D eigenvalue weighted by Crippen LogP contribution is -2.29. The Kier molecular flexibility index (Phi) is 2.77. The third-order valence-electron chi connectivity index (χ3n) is 2.66. The summed E-state index contributed by atoms with van der Waals surface area (Å²) in [5.74, 6) is 1.54. The van der Waals surface area contributed by atoms with Crippen LogP contribution < -0.4 is 5.32 Å². The highest BCUT2D eigenvalue weighted by Gasteiger charge is 2.17. The van der Waals surface area contributed by atoms with Crippen molar-refractivity contribution in [3.63, 3.8) is 0 Å². The number of nitrogens with one attached hydrogen (secondary N) is 1. The fraction of sp³-hybridized carbons (Fsp3) is 0.636. The lowest BCUT2D eigenvalue weighted by Gasteiger charge is -2.21. The second-order valence-electron chi connectivity index (χ2n) is 4.05. The lowest BCUT2D eigenvalue weighted by atomic mass is 9.99. The molecule has 0 aromatic carbocycles. The number of rotatable bonds is 1. The van der Waals surface area contributed by atoms with Crippen LogP contribution in [0.25, 0.3) is 0 Å². The number of aromatic nitrogens is 2. The minimum absolute atomic E-state index is 0.516. The summed E-state index contributed by atoms with van der Waals surface area (Å²) >= 11 is 0. The molecule has 1 fully saturated rings. The van der Waals surface area contributed by atoms with E-state index in [2.05, 4.69) is 15.3 Å². The van der Waals surface area contributed by atoms with Gasteiger partial charge < -0.3 is 5.32 Å². The van der Waals surface area contributed by atoms with E-state index < -0.39 is 0 Å². The van der Waals surface area contributed by atoms with E-state index in [1.165, 1.54) is 12.8 Å². The van der Waals surface area contributed by atoms with Crippen molar-refractivity contribution >= 4 is 0 Å². The molecule has 1 N–H and O–H groups in total. The molecule has 1 atom stereocenters. The van der Waals surface area contributed by atoms with Gasteiger partial charge in [0.15, 0.2) is 0 Å². The zero-order valence-electron chi connectivity index (χ0n) is 8.88. The van der Waals surface area contributed by atoms with Crippen LogP contribution in [0.4, 0.5) is 0 Å². The van der Waals surface area contributed by atoms with E-state index in [1.807, 2.05) is 19.9 Å². The van der Waals surface area contributed by atoms with E-state index in [4.69, 9.17) is 0 Å². The van der Waals surface area contributed by atoms with Gasteiger partial charge in [0.1, 0.15) is 5.82 Å². The first-order valence-electron chi connectivity index (χ1n) is 5.28. The first kappa shape index (κ1) is 9.59. The maximum atomic E-state index is 4.51. The van der Waals surface area contributed by atoms with Crippen molar-refractivity contribution in [2.24, 2.45) is 0 Å². The van der Waals surface area contributed by atoms with Crippen molar-refractivity contribution < 1.29 is 0 Å². The molecule has 1 aromatic rings. The molecular weight excluding hydrogens is 174 g/mol. The van der Waals surface area contributed by atoms with Gasteiger partial charge in [-0.3, -0.25) is 0 Å². The van der Waals surface area contributed by atoms with E-state index in [-0.39, 0.29) is 0 Å². The second-order valence-corrected chi connectivity index (χ2v) is 4.05. The van der Waals surface area contributed by atoms with Crippen LogP contribution in [0.5, 0.6) is 0 Å². The smallest absolute Gasteiger partial charge is 0.133 e. The van der Waals surface area contributed by atoms with Crippen molar-refractivity contribution in [1.29, 1.82) is 0 Å². The number of piperidine rings is 1. The molecule has 0 radical (unpaired) electrons. The molecule has 3 nitrogen and oxygen atoms in total. The minimum atomic E-state index is 0.516. The second kappa shape index (κ2) is 4.05. The van der Waals surface area contributed by atoms with Crippen molar-refractivity contribution in [2.45, 2.75) is 32.6 Å². The molecule has 1 aliphatic rings. The summed E-state index contributed by atoms with van der Waals surface area (Å²) in [6.07, 6.45) is 2.46. The van der Waals surface area contributed by atoms with Crippen LogP contribution in [0, 0.1) is 13.8 Å². The molecule has 0 bridgehead atoms. The molecule has 0 amide bonds. The Morgan fingerprint density at radius 1 is 1.29 bits per heavy atom. The SMILES string of the molecule is Cc1cc(C)nc([C@@H]2CCCNC2)n1. The van der Waals surface area contributed by atoms with Crippen molar-refractivity contribution in [1.82, 2.24) is 15.3 Å². The largest absolute Gasteiger partial charge is 0.316 e. The molecule has 1 aliphatic heterocycles. The third-order valence-corrected chi connectivity index (χ3v) is 2.66. The van der Waals surface area contributed by atoms with E-state index in [1.54, 1.807) is 0 Å². The quantitative estimate of drug-likeness (QED) is 0.732. The summed E-state index contributed by atoms with van der Waals surface area (Å²) in [5.41, 5.74) is 2.16. The molecular formula is C11H17N3. The number of hydrogen-bond acceptors (Lipinski definition) is 3. The van der Waals surface area contributed by atoms with Gasteiger partial charge >= 0.3 is 0 Å². The zero-order chi connectivity index (χ0) is 9.97. The van der Waals surface area contributed by atoms with Gasteiger partial charge in [-0.2, -0.15) is 0 Å². The van der Waals surface area contributed by atoms with Crippen molar-refractivity contribution in [3.8, 4) is 0 Å². The monoisotopic (exact) mass is 191 g/mol. The van der Waals surface area contributed by atoms with Crippen LogP contribution in [-0.2, 0) is 0 Å². The Morgan fingerprint density at radius 2 is 2.00 bits per heavy atom. The van der Waals surface area contributed by atoms with Crippen LogP contribution in [0.15, 0.2) is 6.07 Å². The van der Waals surface area contributed by atoms with Gasteiger partial charge in [0, 0.05) is 23.9 Å². The van der Waals surface area contributed by atoms with E-state index in [0.717, 1.165) is 30.3 Å². The van der Waals surface area contributed by atoms with Gasteiger partial charge in [-0.05, 0) is 39.3 Å². The average Bonchev–Trinajstić information content (AvgIpc) is 2.18. The Labute approximate surface area is 85.0 Å². The number of nitrogens with zero attached hydrogens (tertiary/aromatic N) is 2. The fourth-order valence-electron chi connectivity index (χ4n) is 2.01. The van der Waals surface area contributed by atoms with Crippen molar-refractivity contribution in [3.05, 3.63) is 23.3 Å². The van der Waals surface area contributed by atoms with Crippen LogP contribution in [0.3, 0.4) is 0 Å². The highest BCUT2D eigenvalue weighted by atomic mass is 14.9. The Bertz CT molecular complexity index is 296. The van der Waals surface area contributed by atoms with Gasteiger partial charge in [0.25, 0.3) is 0 Å². The summed E-state index contributed by atoms with van der Waals surface area (Å²) in [6, 6.07) is 2.03. The standard InChI is InChI=1S/C11H17N3/c1-8-6-9(2)14-11(13-8)10-4-3-5-12-7-10/h6,10,12H,3-5,7H2,1-2H3/t10-/m1/s1. The Balaban J connectivity index is 2.21. The molecule has 76 valence electrons. The molecule has 2 rings (SSSR count). The minimum Gasteiger partial charge on any atom is -0.316 e. The van der Waals surface area contributed by atoms with E-state index in [0.29, 0.717) is 5.92 Å². The number of aryl methyl sites for hydroxylation is 2. The molecule has 0 aliphatic carbocycles. The first-order valence-corrected chi connectivity index (χ1v) is 5.28. The van der Waals surface area contributed by atoms with E-state index in [9.17, 15) is 0 Å². The zero-order valence-corrected chi connectivity index (χ0v) is 8.88. The van der Waals surface area contributed by atoms with Gasteiger partial charge in [-0.1, -0.05) is 0 Å². The molecule has 14 heavy (non-hydrogen) atoms. The summed E-state index contributed by atoms with van der Waals surface area (Å²) in [5, 5.41) is 3.39. The summed E-state index contributed by atoms with van der Waals surface area (Å²) in [7, 11) is 0. The summed E-state index contributed by atoms with van der Waals surface area (Å²) in [4.78, 5) is 9.01. The van der Waals surface area contributed by atoms with E-state index >= 15 is 0 Å². The topological polar surface area (TPSA) is 37.8 Å². The van der Waals surface area contributed by atoms with Gasteiger partial charge in [-0.25, -0.2) is 9.97 Å². The third kappa shape index (κ3) is 2.10. The fourth-order valence-corrected chi connectivity index (χ4v) is 2.01. The normalized spacial score (nSPS) is 22.3. The van der Waals surface area contributed by atoms with Gasteiger partial charge in [0.2, 0.25) is 0 Å². The predicted octanol–water partition coefficient (Wildman–Crippen LogP) is 1.56. The van der Waals surface area contributed by atoms with Gasteiger partial charge in [-0.15, -0.1) is 0 Å². The number of hydrogen-bond donors (Lipinski definition) is 1. The molecule has 3 heteroatoms. The average molecular weight is 191 g/mol. The van der Waals surface area contributed by atoms with Gasteiger partial charge in [0.05, 0.1) is 0 Å². The van der Waals surface area contributed by atoms with Crippen LogP contribution >= 0.6 is 0 Å². The Morgan fingerprint density at radius 3 is 2.57 bits per heavy atom. The van der Waals surface area contributed by atoms with Crippen LogP contribution in [0.1, 0.15) is 36.0 Å². The first-order chi connectivity index (χ1) is 6.75. The summed E-state index contributed by atoms with van der Waals surface area (Å²) < 4.78 is 0. The van der Waals surface area contributed by atoms with Crippen LogP contribution in [0.2, 0.25) is 0 Å². The van der Waals surface area contributed by atoms with Crippen LogP contribution in [-0.4, -0.2) is 23.1 Å².